The number of carboxylic acid groups (broad SMARTS) is 1. The van der Waals surface area contributed by atoms with E-state index < -0.39 is 53.4 Å². The fraction of sp³-hybridized carbons (Fsp3) is 0.158. The predicted molar refractivity (Wildman–Crippen MR) is 97.3 cm³/mol. The third-order valence-corrected chi connectivity index (χ3v) is 4.27. The van der Waals surface area contributed by atoms with Crippen molar-refractivity contribution in [2.45, 2.75) is 12.6 Å². The number of aromatic hydroxyl groups is 1. The van der Waals surface area contributed by atoms with Gasteiger partial charge in [0.1, 0.15) is 5.75 Å². The monoisotopic (exact) mass is 428 g/mol. The summed E-state index contributed by atoms with van der Waals surface area (Å²) < 4.78 is 49.9. The smallest absolute Gasteiger partial charge is 0.416 e. The molecular weight excluding hydrogens is 417 g/mol. The van der Waals surface area contributed by atoms with Gasteiger partial charge in [-0.25, -0.2) is 0 Å². The summed E-state index contributed by atoms with van der Waals surface area (Å²) >= 11 is 6.02. The number of rotatable bonds is 5. The zero-order valence-electron chi connectivity index (χ0n) is 14.4. The predicted octanol–water partition coefficient (Wildman–Crippen LogP) is 4.69. The van der Waals surface area contributed by atoms with Crippen LogP contribution in [0.25, 0.3) is 22.3 Å². The Balaban J connectivity index is 2.21. The van der Waals surface area contributed by atoms with Crippen LogP contribution in [0.15, 0.2) is 45.6 Å². The van der Waals surface area contributed by atoms with E-state index in [0.717, 1.165) is 12.1 Å². The van der Waals surface area contributed by atoms with Crippen molar-refractivity contribution in [3.05, 3.63) is 57.2 Å². The average molecular weight is 429 g/mol. The van der Waals surface area contributed by atoms with Gasteiger partial charge in [-0.15, -0.1) is 0 Å². The average Bonchev–Trinajstić information content (AvgIpc) is 2.64. The summed E-state index contributed by atoms with van der Waals surface area (Å²) in [4.78, 5) is 23.1. The van der Waals surface area contributed by atoms with Crippen molar-refractivity contribution in [1.82, 2.24) is 0 Å². The minimum Gasteiger partial charge on any atom is -0.502 e. The second kappa shape index (κ2) is 7.67. The maximum atomic E-state index is 13.1. The van der Waals surface area contributed by atoms with Gasteiger partial charge in [0.15, 0.2) is 11.3 Å². The normalized spacial score (nSPS) is 11.6. The minimum absolute atomic E-state index is 0.0148. The van der Waals surface area contributed by atoms with Gasteiger partial charge in [-0.2, -0.15) is 13.2 Å². The van der Waals surface area contributed by atoms with Gasteiger partial charge in [0.25, 0.3) is 0 Å². The van der Waals surface area contributed by atoms with Gasteiger partial charge in [-0.05, 0) is 30.3 Å². The standard InChI is InChI=1S/C19H12ClF3O6/c20-12-3-1-2-11-15(26)16(27)18(29-17(11)12)10-5-4-9(19(21,22)23)8-13(10)28-7-6-14(24)25/h1-5,8,27H,6-7H2,(H,24,25). The number of carbonyl (C=O) groups is 1. The van der Waals surface area contributed by atoms with Gasteiger partial charge in [-0.3, -0.25) is 9.59 Å². The third-order valence-electron chi connectivity index (χ3n) is 3.97. The Bertz CT molecular complexity index is 1150. The van der Waals surface area contributed by atoms with Crippen molar-refractivity contribution in [1.29, 1.82) is 0 Å². The van der Waals surface area contributed by atoms with Gasteiger partial charge in [0, 0.05) is 0 Å². The van der Waals surface area contributed by atoms with E-state index in [0.29, 0.717) is 6.07 Å². The number of para-hydroxylation sites is 1. The van der Waals surface area contributed by atoms with E-state index in [1.807, 2.05) is 0 Å². The molecule has 10 heteroatoms. The number of carboxylic acids is 1. The number of halogens is 4. The maximum absolute atomic E-state index is 13.1. The number of hydrogen-bond acceptors (Lipinski definition) is 5. The molecule has 0 aliphatic carbocycles. The highest BCUT2D eigenvalue weighted by Crippen LogP contribution is 2.41. The largest absolute Gasteiger partial charge is 0.502 e. The second-order valence-electron chi connectivity index (χ2n) is 5.93. The molecule has 2 N–H and O–H groups in total. The van der Waals surface area contributed by atoms with Crippen LogP contribution >= 0.6 is 11.6 Å². The van der Waals surface area contributed by atoms with Crippen LogP contribution in [0.1, 0.15) is 12.0 Å². The number of benzene rings is 2. The molecule has 0 saturated heterocycles. The number of aliphatic carboxylic acids is 1. The van der Waals surface area contributed by atoms with Crippen molar-refractivity contribution in [2.24, 2.45) is 0 Å². The first-order chi connectivity index (χ1) is 13.6. The lowest BCUT2D eigenvalue weighted by Crippen LogP contribution is -2.09. The Morgan fingerprint density at radius 1 is 1.21 bits per heavy atom. The van der Waals surface area contributed by atoms with E-state index in [4.69, 9.17) is 25.9 Å². The quantitative estimate of drug-likeness (QED) is 0.612. The van der Waals surface area contributed by atoms with Gasteiger partial charge in [0.05, 0.1) is 34.6 Å². The van der Waals surface area contributed by atoms with Crippen LogP contribution in [-0.2, 0) is 11.0 Å². The lowest BCUT2D eigenvalue weighted by molar-refractivity contribution is -0.139. The molecule has 0 aliphatic rings. The van der Waals surface area contributed by atoms with E-state index >= 15 is 0 Å². The number of hydrogen-bond donors (Lipinski definition) is 2. The molecule has 152 valence electrons. The van der Waals surface area contributed by atoms with Crippen molar-refractivity contribution >= 4 is 28.5 Å². The minimum atomic E-state index is -4.70. The van der Waals surface area contributed by atoms with Crippen LogP contribution in [0.4, 0.5) is 13.2 Å². The van der Waals surface area contributed by atoms with E-state index in [1.165, 1.54) is 18.2 Å². The molecule has 3 rings (SSSR count). The molecule has 0 fully saturated rings. The molecular formula is C19H12ClF3O6. The first-order valence-electron chi connectivity index (χ1n) is 8.10. The van der Waals surface area contributed by atoms with Crippen molar-refractivity contribution < 1.29 is 37.3 Å². The number of alkyl halides is 3. The first kappa shape index (κ1) is 20.5. The van der Waals surface area contributed by atoms with Crippen LogP contribution < -0.4 is 10.2 Å². The lowest BCUT2D eigenvalue weighted by Gasteiger charge is -2.15. The highest BCUT2D eigenvalue weighted by atomic mass is 35.5. The SMILES string of the molecule is O=C(O)CCOc1cc(C(F)(F)F)ccc1-c1oc2c(Cl)cccc2c(=O)c1O. The highest BCUT2D eigenvalue weighted by Gasteiger charge is 2.32. The Labute approximate surface area is 165 Å². The molecule has 6 nitrogen and oxygen atoms in total. The molecule has 0 spiro atoms. The molecule has 0 saturated carbocycles. The summed E-state index contributed by atoms with van der Waals surface area (Å²) in [6.45, 7) is -0.441. The molecule has 0 radical (unpaired) electrons. The van der Waals surface area contributed by atoms with E-state index in [-0.39, 0.29) is 21.6 Å². The Morgan fingerprint density at radius 3 is 2.59 bits per heavy atom. The zero-order valence-corrected chi connectivity index (χ0v) is 15.2. The van der Waals surface area contributed by atoms with Crippen molar-refractivity contribution in [2.75, 3.05) is 6.61 Å². The highest BCUT2D eigenvalue weighted by molar-refractivity contribution is 6.34. The second-order valence-corrected chi connectivity index (χ2v) is 6.33. The lowest BCUT2D eigenvalue weighted by atomic mass is 10.1. The molecule has 29 heavy (non-hydrogen) atoms. The fourth-order valence-corrected chi connectivity index (χ4v) is 2.82. The van der Waals surface area contributed by atoms with Gasteiger partial charge in [-0.1, -0.05) is 17.7 Å². The maximum Gasteiger partial charge on any atom is 0.416 e. The molecule has 0 aliphatic heterocycles. The van der Waals surface area contributed by atoms with Crippen LogP contribution in [0.2, 0.25) is 5.02 Å². The Kier molecular flexibility index (Phi) is 5.43. The summed E-state index contributed by atoms with van der Waals surface area (Å²) in [5, 5.41) is 19.0. The summed E-state index contributed by atoms with van der Waals surface area (Å²) in [5.41, 5.74) is -2.13. The fourth-order valence-electron chi connectivity index (χ4n) is 2.61. The molecule has 1 heterocycles. The summed E-state index contributed by atoms with van der Waals surface area (Å²) in [6, 6.07) is 6.58. The molecule has 0 bridgehead atoms. The van der Waals surface area contributed by atoms with Crippen LogP contribution in [0, 0.1) is 0 Å². The molecule has 0 atom stereocenters. The van der Waals surface area contributed by atoms with E-state index in [2.05, 4.69) is 0 Å². The van der Waals surface area contributed by atoms with Crippen LogP contribution in [-0.4, -0.2) is 22.8 Å². The zero-order chi connectivity index (χ0) is 21.3. The number of fused-ring (bicyclic) bond motifs is 1. The molecule has 0 amide bonds. The van der Waals surface area contributed by atoms with E-state index in [9.17, 15) is 27.9 Å². The molecule has 2 aromatic carbocycles. The molecule has 0 unspecified atom stereocenters. The third kappa shape index (κ3) is 4.14. The summed E-state index contributed by atoms with van der Waals surface area (Å²) in [5.74, 6) is -2.92. The number of ether oxygens (including phenoxy) is 1. The van der Waals surface area contributed by atoms with E-state index in [1.54, 1.807) is 0 Å². The molecule has 3 aromatic rings. The summed E-state index contributed by atoms with van der Waals surface area (Å²) in [7, 11) is 0. The van der Waals surface area contributed by atoms with Crippen molar-refractivity contribution in [3.63, 3.8) is 0 Å². The first-order valence-corrected chi connectivity index (χ1v) is 8.48. The van der Waals surface area contributed by atoms with Gasteiger partial charge >= 0.3 is 12.1 Å². The Morgan fingerprint density at radius 2 is 1.93 bits per heavy atom. The Hall–Kier alpha value is -3.20. The van der Waals surface area contributed by atoms with Crippen molar-refractivity contribution in [3.8, 4) is 22.8 Å². The van der Waals surface area contributed by atoms with Gasteiger partial charge in [0.2, 0.25) is 11.2 Å². The summed E-state index contributed by atoms with van der Waals surface area (Å²) in [6.07, 6.45) is -5.17. The van der Waals surface area contributed by atoms with Crippen LogP contribution in [0.5, 0.6) is 11.5 Å². The topological polar surface area (TPSA) is 97.0 Å². The van der Waals surface area contributed by atoms with Crippen LogP contribution in [0.3, 0.4) is 0 Å². The van der Waals surface area contributed by atoms with Gasteiger partial charge < -0.3 is 19.4 Å². The molecule has 1 aromatic heterocycles.